The van der Waals surface area contributed by atoms with E-state index in [1.165, 1.54) is 30.5 Å². The number of hydrogen-bond acceptors (Lipinski definition) is 2. The highest BCUT2D eigenvalue weighted by Gasteiger charge is 2.20. The molecule has 1 aromatic rings. The second kappa shape index (κ2) is 5.35. The molecule has 1 aliphatic rings. The first kappa shape index (κ1) is 11.5. The van der Waals surface area contributed by atoms with Gasteiger partial charge in [0, 0.05) is 31.9 Å². The van der Waals surface area contributed by atoms with Gasteiger partial charge < -0.3 is 10.2 Å². The van der Waals surface area contributed by atoms with Gasteiger partial charge in [-0.15, -0.1) is 0 Å². The molecule has 88 valence electrons. The van der Waals surface area contributed by atoms with Gasteiger partial charge in [0.2, 0.25) is 0 Å². The molecular formula is C14H22N2. The lowest BCUT2D eigenvalue weighted by Crippen LogP contribution is -2.22. The van der Waals surface area contributed by atoms with Crippen LogP contribution in [0.2, 0.25) is 0 Å². The van der Waals surface area contributed by atoms with E-state index in [0.29, 0.717) is 0 Å². The smallest absolute Gasteiger partial charge is 0.0409 e. The zero-order chi connectivity index (χ0) is 11.4. The molecule has 0 bridgehead atoms. The molecule has 0 unspecified atom stereocenters. The van der Waals surface area contributed by atoms with Crippen LogP contribution >= 0.6 is 0 Å². The highest BCUT2D eigenvalue weighted by atomic mass is 15.1. The number of nitrogens with zero attached hydrogens (tertiary/aromatic N) is 1. The molecular weight excluding hydrogens is 196 g/mol. The van der Waals surface area contributed by atoms with Crippen molar-refractivity contribution in [3.05, 3.63) is 29.8 Å². The van der Waals surface area contributed by atoms with E-state index in [1.54, 1.807) is 0 Å². The van der Waals surface area contributed by atoms with Crippen LogP contribution in [0.5, 0.6) is 0 Å². The maximum absolute atomic E-state index is 3.58. The fourth-order valence-electron chi connectivity index (χ4n) is 2.03. The molecule has 0 aromatic heterocycles. The minimum atomic E-state index is 0.782. The van der Waals surface area contributed by atoms with Gasteiger partial charge in [0.15, 0.2) is 0 Å². The SMILES string of the molecule is CCCN(C)c1ccccc1CNC1CC1. The number of anilines is 1. The second-order valence-corrected chi connectivity index (χ2v) is 4.71. The third-order valence-electron chi connectivity index (χ3n) is 3.12. The average Bonchev–Trinajstić information content (AvgIpc) is 3.11. The number of nitrogens with one attached hydrogen (secondary N) is 1. The Morgan fingerprint density at radius 2 is 2.06 bits per heavy atom. The first-order valence-corrected chi connectivity index (χ1v) is 6.33. The minimum Gasteiger partial charge on any atom is -0.374 e. The van der Waals surface area contributed by atoms with Crippen LogP contribution in [0.15, 0.2) is 24.3 Å². The van der Waals surface area contributed by atoms with Crippen molar-refractivity contribution in [2.24, 2.45) is 0 Å². The van der Waals surface area contributed by atoms with Crippen molar-refractivity contribution < 1.29 is 0 Å². The van der Waals surface area contributed by atoms with Crippen LogP contribution in [0, 0.1) is 0 Å². The molecule has 0 radical (unpaired) electrons. The molecule has 0 amide bonds. The zero-order valence-corrected chi connectivity index (χ0v) is 10.4. The monoisotopic (exact) mass is 218 g/mol. The third kappa shape index (κ3) is 2.99. The van der Waals surface area contributed by atoms with E-state index in [2.05, 4.69) is 48.5 Å². The van der Waals surface area contributed by atoms with Gasteiger partial charge in [0.1, 0.15) is 0 Å². The van der Waals surface area contributed by atoms with Gasteiger partial charge in [0.05, 0.1) is 0 Å². The molecule has 1 N–H and O–H groups in total. The fraction of sp³-hybridized carbons (Fsp3) is 0.571. The average molecular weight is 218 g/mol. The molecule has 2 heteroatoms. The predicted molar refractivity (Wildman–Crippen MR) is 69.9 cm³/mol. The second-order valence-electron chi connectivity index (χ2n) is 4.71. The molecule has 1 saturated carbocycles. The van der Waals surface area contributed by atoms with Crippen LogP contribution in [0.25, 0.3) is 0 Å². The van der Waals surface area contributed by atoms with Gasteiger partial charge >= 0.3 is 0 Å². The van der Waals surface area contributed by atoms with Gasteiger partial charge in [-0.3, -0.25) is 0 Å². The standard InChI is InChI=1S/C14H22N2/c1-3-10-16(2)14-7-5-4-6-12(14)11-15-13-8-9-13/h4-7,13,15H,3,8-11H2,1-2H3. The number of para-hydroxylation sites is 1. The number of hydrogen-bond donors (Lipinski definition) is 1. The molecule has 0 saturated heterocycles. The first-order chi connectivity index (χ1) is 7.81. The first-order valence-electron chi connectivity index (χ1n) is 6.33. The summed E-state index contributed by atoms with van der Waals surface area (Å²) < 4.78 is 0. The normalized spacial score (nSPS) is 15.1. The highest BCUT2D eigenvalue weighted by molar-refractivity contribution is 5.53. The summed E-state index contributed by atoms with van der Waals surface area (Å²) in [5.74, 6) is 0. The Morgan fingerprint density at radius 3 is 2.75 bits per heavy atom. The molecule has 1 fully saturated rings. The molecule has 2 rings (SSSR count). The summed E-state index contributed by atoms with van der Waals surface area (Å²) >= 11 is 0. The van der Waals surface area contributed by atoms with Gasteiger partial charge in [-0.25, -0.2) is 0 Å². The summed E-state index contributed by atoms with van der Waals surface area (Å²) in [7, 11) is 2.18. The largest absolute Gasteiger partial charge is 0.374 e. The molecule has 1 aliphatic carbocycles. The Morgan fingerprint density at radius 1 is 1.31 bits per heavy atom. The maximum atomic E-state index is 3.58. The van der Waals surface area contributed by atoms with Crippen molar-refractivity contribution in [3.63, 3.8) is 0 Å². The van der Waals surface area contributed by atoms with Gasteiger partial charge in [-0.05, 0) is 30.9 Å². The van der Waals surface area contributed by atoms with E-state index >= 15 is 0 Å². The Bertz CT molecular complexity index is 331. The van der Waals surface area contributed by atoms with E-state index in [4.69, 9.17) is 0 Å². The molecule has 0 aliphatic heterocycles. The van der Waals surface area contributed by atoms with Crippen LogP contribution in [0.1, 0.15) is 31.7 Å². The van der Waals surface area contributed by atoms with Crippen molar-refractivity contribution in [1.82, 2.24) is 5.32 Å². The van der Waals surface area contributed by atoms with E-state index in [-0.39, 0.29) is 0 Å². The van der Waals surface area contributed by atoms with Crippen molar-refractivity contribution in [2.45, 2.75) is 38.8 Å². The van der Waals surface area contributed by atoms with E-state index in [1.807, 2.05) is 0 Å². The Labute approximate surface area is 98.7 Å². The third-order valence-corrected chi connectivity index (χ3v) is 3.12. The number of benzene rings is 1. The molecule has 1 aromatic carbocycles. The van der Waals surface area contributed by atoms with E-state index in [0.717, 1.165) is 19.1 Å². The van der Waals surface area contributed by atoms with Gasteiger partial charge in [0.25, 0.3) is 0 Å². The summed E-state index contributed by atoms with van der Waals surface area (Å²) in [6.07, 6.45) is 3.90. The minimum absolute atomic E-state index is 0.782. The zero-order valence-electron chi connectivity index (χ0n) is 10.4. The van der Waals surface area contributed by atoms with Crippen LogP contribution in [0.3, 0.4) is 0 Å². The van der Waals surface area contributed by atoms with Crippen molar-refractivity contribution in [1.29, 1.82) is 0 Å². The molecule has 16 heavy (non-hydrogen) atoms. The Kier molecular flexibility index (Phi) is 3.83. The van der Waals surface area contributed by atoms with Crippen LogP contribution in [-0.4, -0.2) is 19.6 Å². The molecule has 0 heterocycles. The lowest BCUT2D eigenvalue weighted by Gasteiger charge is -2.22. The molecule has 2 nitrogen and oxygen atoms in total. The van der Waals surface area contributed by atoms with Gasteiger partial charge in [-0.1, -0.05) is 25.1 Å². The van der Waals surface area contributed by atoms with Crippen molar-refractivity contribution >= 4 is 5.69 Å². The summed E-state index contributed by atoms with van der Waals surface area (Å²) in [5, 5.41) is 3.58. The summed E-state index contributed by atoms with van der Waals surface area (Å²) in [5.41, 5.74) is 2.79. The summed E-state index contributed by atoms with van der Waals surface area (Å²) in [6.45, 7) is 4.36. The van der Waals surface area contributed by atoms with Gasteiger partial charge in [-0.2, -0.15) is 0 Å². The van der Waals surface area contributed by atoms with Crippen LogP contribution in [-0.2, 0) is 6.54 Å². The lowest BCUT2D eigenvalue weighted by atomic mass is 10.1. The summed E-state index contributed by atoms with van der Waals surface area (Å²) in [6, 6.07) is 9.50. The van der Waals surface area contributed by atoms with E-state index < -0.39 is 0 Å². The number of rotatable bonds is 6. The highest BCUT2D eigenvalue weighted by Crippen LogP contribution is 2.23. The van der Waals surface area contributed by atoms with Crippen LogP contribution < -0.4 is 10.2 Å². The Hall–Kier alpha value is -1.02. The maximum Gasteiger partial charge on any atom is 0.0409 e. The summed E-state index contributed by atoms with van der Waals surface area (Å²) in [4.78, 5) is 2.35. The quantitative estimate of drug-likeness (QED) is 0.790. The van der Waals surface area contributed by atoms with Crippen molar-refractivity contribution in [2.75, 3.05) is 18.5 Å². The van der Waals surface area contributed by atoms with E-state index in [9.17, 15) is 0 Å². The predicted octanol–water partition coefficient (Wildman–Crippen LogP) is 2.78. The lowest BCUT2D eigenvalue weighted by molar-refractivity contribution is 0.685. The van der Waals surface area contributed by atoms with Crippen LogP contribution in [0.4, 0.5) is 5.69 Å². The molecule has 0 spiro atoms. The molecule has 0 atom stereocenters. The topological polar surface area (TPSA) is 15.3 Å². The van der Waals surface area contributed by atoms with Crippen molar-refractivity contribution in [3.8, 4) is 0 Å². The Balaban J connectivity index is 2.02. The fourth-order valence-corrected chi connectivity index (χ4v) is 2.03.